The maximum absolute atomic E-state index is 12.5. The monoisotopic (exact) mass is 802 g/mol. The maximum atomic E-state index is 12.5. The Balaban J connectivity index is 3.43. The molecule has 0 saturated carbocycles. The molecule has 1 amide bonds. The molecular weight excluding hydrogens is 699 g/mol. The number of nitrogens with one attached hydrogen (secondary N) is 1. The molecule has 57 heavy (non-hydrogen) atoms. The maximum Gasteiger partial charge on any atom is 0.220 e. The molecule has 0 aromatic carbocycles. The van der Waals surface area contributed by atoms with Crippen LogP contribution < -0.4 is 5.32 Å². The first-order valence-corrected chi connectivity index (χ1v) is 26.0. The average molecular weight is 802 g/mol. The Morgan fingerprint density at radius 1 is 0.421 bits per heavy atom. The molecule has 0 saturated heterocycles. The van der Waals surface area contributed by atoms with Crippen LogP contribution in [0.4, 0.5) is 0 Å². The molecule has 2 atom stereocenters. The normalized spacial score (nSPS) is 13.0. The molecule has 0 aliphatic heterocycles. The second-order valence-electron chi connectivity index (χ2n) is 17.9. The largest absolute Gasteiger partial charge is 0.394 e. The van der Waals surface area contributed by atoms with Gasteiger partial charge in [0.05, 0.1) is 18.8 Å². The molecule has 0 aromatic rings. The number of rotatable bonds is 48. The summed E-state index contributed by atoms with van der Waals surface area (Å²) in [6, 6.07) is -0.533. The molecule has 0 spiro atoms. The average Bonchev–Trinajstić information content (AvgIpc) is 3.22. The van der Waals surface area contributed by atoms with Crippen LogP contribution >= 0.6 is 0 Å². The van der Waals surface area contributed by atoms with Gasteiger partial charge < -0.3 is 15.5 Å². The molecule has 0 aliphatic carbocycles. The fraction of sp³-hybridized carbons (Fsp3) is 0.906. The summed E-state index contributed by atoms with van der Waals surface area (Å²) in [6.45, 7) is 4.37. The van der Waals surface area contributed by atoms with Gasteiger partial charge >= 0.3 is 0 Å². The quantitative estimate of drug-likeness (QED) is 0.0424. The molecule has 2 unspecified atom stereocenters. The molecule has 0 aliphatic rings. The van der Waals surface area contributed by atoms with Crippen molar-refractivity contribution in [3.05, 3.63) is 24.3 Å². The van der Waals surface area contributed by atoms with E-state index in [-0.39, 0.29) is 12.5 Å². The summed E-state index contributed by atoms with van der Waals surface area (Å²) >= 11 is 0. The highest BCUT2D eigenvalue weighted by Crippen LogP contribution is 2.17. The van der Waals surface area contributed by atoms with Crippen LogP contribution in [0.5, 0.6) is 0 Å². The standard InChI is InChI=1S/C53H103NO3/c1-3-5-7-9-11-13-15-17-19-21-22-23-24-25-26-27-28-29-30-31-32-33-35-37-39-41-43-45-47-49-53(57)54-51(50-55)52(56)48-46-44-42-40-38-36-34-20-18-16-14-12-10-8-6-4-2/h15,17,21-22,51-52,55-56H,3-14,16,18-20,23-50H2,1-2H3,(H,54,57)/b17-15-,22-21-. The molecular formula is C53H103NO3. The Kier molecular flexibility index (Phi) is 48.3. The van der Waals surface area contributed by atoms with Crippen molar-refractivity contribution in [1.29, 1.82) is 0 Å². The van der Waals surface area contributed by atoms with Crippen LogP contribution in [0.15, 0.2) is 24.3 Å². The lowest BCUT2D eigenvalue weighted by atomic mass is 10.0. The van der Waals surface area contributed by atoms with Gasteiger partial charge in [0, 0.05) is 6.42 Å². The number of carbonyl (C=O) groups is 1. The minimum atomic E-state index is -0.657. The Labute approximate surface area is 358 Å². The van der Waals surface area contributed by atoms with Gasteiger partial charge in [-0.2, -0.15) is 0 Å². The number of aliphatic hydroxyl groups is 2. The van der Waals surface area contributed by atoms with Crippen molar-refractivity contribution >= 4 is 5.91 Å². The van der Waals surface area contributed by atoms with Gasteiger partial charge in [-0.1, -0.05) is 263 Å². The minimum absolute atomic E-state index is 0.0269. The topological polar surface area (TPSA) is 69.6 Å². The highest BCUT2D eigenvalue weighted by Gasteiger charge is 2.20. The summed E-state index contributed by atoms with van der Waals surface area (Å²) in [4.78, 5) is 12.5. The zero-order chi connectivity index (χ0) is 41.4. The summed E-state index contributed by atoms with van der Waals surface area (Å²) in [6.07, 6.45) is 64.3. The number of carbonyl (C=O) groups excluding carboxylic acids is 1. The van der Waals surface area contributed by atoms with Gasteiger partial charge in [0.2, 0.25) is 5.91 Å². The SMILES string of the molecule is CCCCCCC/C=C\C/C=C\CCCCCCCCCCCCCCCCCCCC(=O)NC(CO)C(O)CCCCCCCCCCCCCCCCCC. The molecule has 338 valence electrons. The third kappa shape index (κ3) is 45.8. The lowest BCUT2D eigenvalue weighted by Crippen LogP contribution is -2.45. The molecule has 0 aromatic heterocycles. The van der Waals surface area contributed by atoms with Crippen molar-refractivity contribution in [2.45, 2.75) is 302 Å². The molecule has 0 rings (SSSR count). The van der Waals surface area contributed by atoms with Crippen molar-refractivity contribution < 1.29 is 15.0 Å². The van der Waals surface area contributed by atoms with Crippen molar-refractivity contribution in [3.8, 4) is 0 Å². The fourth-order valence-corrected chi connectivity index (χ4v) is 8.22. The van der Waals surface area contributed by atoms with Gasteiger partial charge in [0.25, 0.3) is 0 Å². The predicted molar refractivity (Wildman–Crippen MR) is 253 cm³/mol. The smallest absolute Gasteiger partial charge is 0.220 e. The van der Waals surface area contributed by atoms with Gasteiger partial charge in [-0.05, 0) is 44.9 Å². The van der Waals surface area contributed by atoms with Crippen molar-refractivity contribution in [3.63, 3.8) is 0 Å². The van der Waals surface area contributed by atoms with Gasteiger partial charge in [-0.3, -0.25) is 4.79 Å². The second kappa shape index (κ2) is 49.2. The first-order valence-electron chi connectivity index (χ1n) is 26.0. The predicted octanol–water partition coefficient (Wildman–Crippen LogP) is 16.8. The minimum Gasteiger partial charge on any atom is -0.394 e. The van der Waals surface area contributed by atoms with Crippen LogP contribution in [0, 0.1) is 0 Å². The van der Waals surface area contributed by atoms with Crippen LogP contribution in [-0.2, 0) is 4.79 Å². The molecule has 3 N–H and O–H groups in total. The van der Waals surface area contributed by atoms with Crippen LogP contribution in [0.2, 0.25) is 0 Å². The van der Waals surface area contributed by atoms with Gasteiger partial charge in [0.15, 0.2) is 0 Å². The van der Waals surface area contributed by atoms with E-state index in [1.54, 1.807) is 0 Å². The fourth-order valence-electron chi connectivity index (χ4n) is 8.22. The summed E-state index contributed by atoms with van der Waals surface area (Å²) in [5.41, 5.74) is 0. The van der Waals surface area contributed by atoms with E-state index in [0.717, 1.165) is 32.1 Å². The number of unbranched alkanes of at least 4 members (excludes halogenated alkanes) is 37. The van der Waals surface area contributed by atoms with E-state index in [9.17, 15) is 15.0 Å². The summed E-state index contributed by atoms with van der Waals surface area (Å²) in [5, 5.41) is 23.3. The van der Waals surface area contributed by atoms with Gasteiger partial charge in [0.1, 0.15) is 0 Å². The summed E-state index contributed by atoms with van der Waals surface area (Å²) in [5.74, 6) is -0.0269. The van der Waals surface area contributed by atoms with Gasteiger partial charge in [-0.15, -0.1) is 0 Å². The van der Waals surface area contributed by atoms with E-state index in [4.69, 9.17) is 0 Å². The molecule has 4 nitrogen and oxygen atoms in total. The first kappa shape index (κ1) is 55.9. The lowest BCUT2D eigenvalue weighted by molar-refractivity contribution is -0.123. The highest BCUT2D eigenvalue weighted by molar-refractivity contribution is 5.76. The van der Waals surface area contributed by atoms with Crippen LogP contribution in [0.1, 0.15) is 290 Å². The third-order valence-electron chi connectivity index (χ3n) is 12.2. The number of aliphatic hydroxyl groups excluding tert-OH is 2. The molecule has 0 fully saturated rings. The zero-order valence-electron chi connectivity index (χ0n) is 38.9. The van der Waals surface area contributed by atoms with E-state index >= 15 is 0 Å². The molecule has 0 heterocycles. The highest BCUT2D eigenvalue weighted by atomic mass is 16.3. The van der Waals surface area contributed by atoms with E-state index in [1.165, 1.54) is 231 Å². The van der Waals surface area contributed by atoms with Crippen molar-refractivity contribution in [2.24, 2.45) is 0 Å². The molecule has 4 heteroatoms. The van der Waals surface area contributed by atoms with Crippen molar-refractivity contribution in [2.75, 3.05) is 6.61 Å². The van der Waals surface area contributed by atoms with E-state index in [1.807, 2.05) is 0 Å². The van der Waals surface area contributed by atoms with E-state index in [0.29, 0.717) is 12.8 Å². The van der Waals surface area contributed by atoms with Crippen LogP contribution in [0.25, 0.3) is 0 Å². The first-order chi connectivity index (χ1) is 28.2. The number of amides is 1. The second-order valence-corrected chi connectivity index (χ2v) is 17.9. The van der Waals surface area contributed by atoms with E-state index in [2.05, 4.69) is 43.5 Å². The Morgan fingerprint density at radius 2 is 0.719 bits per heavy atom. The van der Waals surface area contributed by atoms with Crippen LogP contribution in [-0.4, -0.2) is 34.9 Å². The number of hydrogen-bond donors (Lipinski definition) is 3. The third-order valence-corrected chi connectivity index (χ3v) is 12.2. The summed E-state index contributed by atoms with van der Waals surface area (Å²) < 4.78 is 0. The summed E-state index contributed by atoms with van der Waals surface area (Å²) in [7, 11) is 0. The number of hydrogen-bond acceptors (Lipinski definition) is 3. The molecule has 0 bridgehead atoms. The molecule has 0 radical (unpaired) electrons. The number of allylic oxidation sites excluding steroid dienone is 4. The van der Waals surface area contributed by atoms with E-state index < -0.39 is 12.1 Å². The Hall–Kier alpha value is -1.13. The van der Waals surface area contributed by atoms with Gasteiger partial charge in [-0.25, -0.2) is 0 Å². The zero-order valence-corrected chi connectivity index (χ0v) is 38.9. The lowest BCUT2D eigenvalue weighted by Gasteiger charge is -2.22. The van der Waals surface area contributed by atoms with Crippen molar-refractivity contribution in [1.82, 2.24) is 5.32 Å². The Morgan fingerprint density at radius 3 is 1.05 bits per heavy atom. The van der Waals surface area contributed by atoms with Crippen LogP contribution in [0.3, 0.4) is 0 Å². The Bertz CT molecular complexity index is 825.